The Balaban J connectivity index is 1.39. The fourth-order valence-electron chi connectivity index (χ4n) is 3.28. The molecule has 3 aromatic heterocycles. The van der Waals surface area contributed by atoms with Crippen molar-refractivity contribution in [1.29, 1.82) is 0 Å². The van der Waals surface area contributed by atoms with E-state index in [1.165, 1.54) is 11.3 Å². The third kappa shape index (κ3) is 4.48. The van der Waals surface area contributed by atoms with Gasteiger partial charge in [-0.3, -0.25) is 9.97 Å². The van der Waals surface area contributed by atoms with Gasteiger partial charge in [0.25, 0.3) is 10.0 Å². The summed E-state index contributed by atoms with van der Waals surface area (Å²) in [4.78, 5) is 8.95. The highest BCUT2D eigenvalue weighted by Gasteiger charge is 2.31. The molecule has 0 spiro atoms. The molecule has 0 saturated carbocycles. The van der Waals surface area contributed by atoms with Crippen LogP contribution in [-0.2, 0) is 21.4 Å². The smallest absolute Gasteiger partial charge is 0.252 e. The van der Waals surface area contributed by atoms with E-state index in [9.17, 15) is 8.42 Å². The lowest BCUT2D eigenvalue weighted by Gasteiger charge is -2.30. The highest BCUT2D eigenvalue weighted by atomic mass is 32.2. The van der Waals surface area contributed by atoms with Gasteiger partial charge in [0.1, 0.15) is 4.21 Å². The lowest BCUT2D eigenvalue weighted by molar-refractivity contribution is 0.0101. The van der Waals surface area contributed by atoms with Crippen LogP contribution in [0.4, 0.5) is 5.69 Å². The van der Waals surface area contributed by atoms with Crippen LogP contribution in [0.3, 0.4) is 0 Å². The van der Waals surface area contributed by atoms with Crippen molar-refractivity contribution in [1.82, 2.24) is 14.3 Å². The second kappa shape index (κ2) is 8.58. The van der Waals surface area contributed by atoms with Gasteiger partial charge in [-0.2, -0.15) is 4.31 Å². The van der Waals surface area contributed by atoms with Gasteiger partial charge in [0.15, 0.2) is 0 Å². The maximum atomic E-state index is 13.0. The van der Waals surface area contributed by atoms with Crippen LogP contribution in [-0.4, -0.2) is 41.9 Å². The Labute approximate surface area is 174 Å². The molecule has 0 amide bonds. The zero-order valence-electron chi connectivity index (χ0n) is 15.8. The van der Waals surface area contributed by atoms with Crippen molar-refractivity contribution < 1.29 is 13.2 Å². The number of piperidine rings is 1. The Morgan fingerprint density at radius 1 is 1.10 bits per heavy atom. The number of ether oxygens (including phenoxy) is 1. The van der Waals surface area contributed by atoms with Gasteiger partial charge in [0, 0.05) is 54.0 Å². The molecule has 0 radical (unpaired) electrons. The average molecular weight is 431 g/mol. The van der Waals surface area contributed by atoms with Crippen molar-refractivity contribution in [2.45, 2.75) is 29.8 Å². The van der Waals surface area contributed by atoms with Crippen LogP contribution in [0.1, 0.15) is 18.4 Å². The summed E-state index contributed by atoms with van der Waals surface area (Å²) in [6.45, 7) is 1.39. The summed E-state index contributed by atoms with van der Waals surface area (Å²) in [5.74, 6) is 0. The lowest BCUT2D eigenvalue weighted by Crippen LogP contribution is -2.40. The van der Waals surface area contributed by atoms with E-state index in [1.807, 2.05) is 12.1 Å². The van der Waals surface area contributed by atoms with E-state index in [2.05, 4.69) is 9.97 Å². The second-order valence-electron chi connectivity index (χ2n) is 6.86. The van der Waals surface area contributed by atoms with Gasteiger partial charge >= 0.3 is 0 Å². The first kappa shape index (κ1) is 20.0. The van der Waals surface area contributed by atoms with Crippen molar-refractivity contribution >= 4 is 27.0 Å². The minimum absolute atomic E-state index is 0.0516. The molecule has 0 aliphatic carbocycles. The third-order valence-electron chi connectivity index (χ3n) is 4.91. The van der Waals surface area contributed by atoms with Crippen molar-refractivity contribution in [3.8, 4) is 10.4 Å². The quantitative estimate of drug-likeness (QED) is 0.645. The maximum Gasteiger partial charge on any atom is 0.252 e. The fraction of sp³-hybridized carbons (Fsp3) is 0.300. The van der Waals surface area contributed by atoms with Crippen molar-refractivity contribution in [3.05, 3.63) is 60.7 Å². The highest BCUT2D eigenvalue weighted by Crippen LogP contribution is 2.35. The largest absolute Gasteiger partial charge is 0.398 e. The zero-order chi connectivity index (χ0) is 20.3. The molecule has 4 heterocycles. The molecule has 1 saturated heterocycles. The predicted octanol–water partition coefficient (Wildman–Crippen LogP) is 3.16. The number of nitrogens with two attached hydrogens (primary N) is 1. The topological polar surface area (TPSA) is 98.4 Å². The first-order valence-corrected chi connectivity index (χ1v) is 11.6. The summed E-state index contributed by atoms with van der Waals surface area (Å²) in [7, 11) is -3.53. The molecular formula is C20H22N4O3S2. The Morgan fingerprint density at radius 3 is 2.62 bits per heavy atom. The molecule has 152 valence electrons. The van der Waals surface area contributed by atoms with Gasteiger partial charge in [-0.1, -0.05) is 6.07 Å². The number of thiophene rings is 1. The number of anilines is 1. The van der Waals surface area contributed by atoms with Gasteiger partial charge < -0.3 is 10.5 Å². The van der Waals surface area contributed by atoms with Crippen LogP contribution in [0, 0.1) is 0 Å². The van der Waals surface area contributed by atoms with E-state index in [-0.39, 0.29) is 6.10 Å². The Bertz CT molecular complexity index is 1060. The number of pyridine rings is 2. The first-order valence-electron chi connectivity index (χ1n) is 9.34. The standard InChI is InChI=1S/C20H22N4O3S2/c21-18-5-9-23-13-17(18)19-3-4-20(28-19)29(25,26)24-10-6-16(7-11-24)27-14-15-2-1-8-22-12-15/h1-5,8-9,12-13,16H,6-7,10-11,14H2,(H2,21,23). The molecule has 4 rings (SSSR count). The number of rotatable bonds is 6. The average Bonchev–Trinajstić information content (AvgIpc) is 3.25. The minimum atomic E-state index is -3.53. The summed E-state index contributed by atoms with van der Waals surface area (Å²) < 4.78 is 33.9. The third-order valence-corrected chi connectivity index (χ3v) is 8.39. The van der Waals surface area contributed by atoms with E-state index in [0.717, 1.165) is 16.0 Å². The zero-order valence-corrected chi connectivity index (χ0v) is 17.4. The summed E-state index contributed by atoms with van der Waals surface area (Å²) in [5.41, 5.74) is 8.34. The molecule has 1 aliphatic heterocycles. The molecule has 1 fully saturated rings. The van der Waals surface area contributed by atoms with Gasteiger partial charge in [-0.15, -0.1) is 11.3 Å². The molecule has 9 heteroatoms. The lowest BCUT2D eigenvalue weighted by atomic mass is 10.1. The molecule has 1 aliphatic rings. The highest BCUT2D eigenvalue weighted by molar-refractivity contribution is 7.91. The van der Waals surface area contributed by atoms with Gasteiger partial charge in [0.05, 0.1) is 12.7 Å². The Kier molecular flexibility index (Phi) is 5.91. The van der Waals surface area contributed by atoms with Crippen LogP contribution >= 0.6 is 11.3 Å². The monoisotopic (exact) mass is 430 g/mol. The van der Waals surface area contributed by atoms with E-state index >= 15 is 0 Å². The molecule has 0 unspecified atom stereocenters. The number of nitrogen functional groups attached to an aromatic ring is 1. The minimum Gasteiger partial charge on any atom is -0.398 e. The molecule has 29 heavy (non-hydrogen) atoms. The van der Waals surface area contributed by atoms with E-state index in [4.69, 9.17) is 10.5 Å². The summed E-state index contributed by atoms with van der Waals surface area (Å²) in [5, 5.41) is 0. The number of aromatic nitrogens is 2. The van der Waals surface area contributed by atoms with Crippen molar-refractivity contribution in [2.75, 3.05) is 18.8 Å². The van der Waals surface area contributed by atoms with E-state index < -0.39 is 10.0 Å². The molecule has 0 bridgehead atoms. The molecule has 2 N–H and O–H groups in total. The summed E-state index contributed by atoms with van der Waals surface area (Å²) in [6, 6.07) is 8.99. The summed E-state index contributed by atoms with van der Waals surface area (Å²) >= 11 is 1.22. The molecule has 7 nitrogen and oxygen atoms in total. The number of sulfonamides is 1. The fourth-order valence-corrected chi connectivity index (χ4v) is 6.24. The predicted molar refractivity (Wildman–Crippen MR) is 113 cm³/mol. The SMILES string of the molecule is Nc1ccncc1-c1ccc(S(=O)(=O)N2CCC(OCc3cccnc3)CC2)s1. The summed E-state index contributed by atoms with van der Waals surface area (Å²) in [6.07, 6.45) is 8.18. The van der Waals surface area contributed by atoms with E-state index in [0.29, 0.717) is 42.4 Å². The Morgan fingerprint density at radius 2 is 1.90 bits per heavy atom. The first-order chi connectivity index (χ1) is 14.0. The molecular weight excluding hydrogens is 408 g/mol. The van der Waals surface area contributed by atoms with Crippen LogP contribution in [0.2, 0.25) is 0 Å². The second-order valence-corrected chi connectivity index (χ2v) is 10.1. The molecule has 0 atom stereocenters. The van der Waals surface area contributed by atoms with Crippen LogP contribution in [0.25, 0.3) is 10.4 Å². The number of nitrogens with zero attached hydrogens (tertiary/aromatic N) is 3. The van der Waals surface area contributed by atoms with Crippen LogP contribution < -0.4 is 5.73 Å². The van der Waals surface area contributed by atoms with Gasteiger partial charge in [-0.05, 0) is 42.7 Å². The maximum absolute atomic E-state index is 13.0. The Hall–Kier alpha value is -2.33. The number of hydrogen-bond donors (Lipinski definition) is 1. The molecule has 3 aromatic rings. The number of hydrogen-bond acceptors (Lipinski definition) is 7. The van der Waals surface area contributed by atoms with Crippen molar-refractivity contribution in [3.63, 3.8) is 0 Å². The van der Waals surface area contributed by atoms with Gasteiger partial charge in [-0.25, -0.2) is 8.42 Å². The normalized spacial score (nSPS) is 16.1. The van der Waals surface area contributed by atoms with E-state index in [1.54, 1.807) is 47.3 Å². The molecule has 0 aromatic carbocycles. The van der Waals surface area contributed by atoms with Crippen LogP contribution in [0.15, 0.2) is 59.3 Å². The van der Waals surface area contributed by atoms with Crippen LogP contribution in [0.5, 0.6) is 0 Å². The van der Waals surface area contributed by atoms with Gasteiger partial charge in [0.2, 0.25) is 0 Å². The van der Waals surface area contributed by atoms with Crippen molar-refractivity contribution in [2.24, 2.45) is 0 Å².